The van der Waals surface area contributed by atoms with Crippen molar-refractivity contribution in [1.29, 1.82) is 0 Å². The second-order valence-corrected chi connectivity index (χ2v) is 4.25. The molecular weight excluding hydrogens is 188 g/mol. The van der Waals surface area contributed by atoms with E-state index < -0.39 is 0 Å². The van der Waals surface area contributed by atoms with E-state index in [9.17, 15) is 4.79 Å². The van der Waals surface area contributed by atoms with Gasteiger partial charge < -0.3 is 10.2 Å². The first-order chi connectivity index (χ1) is 7.16. The van der Waals surface area contributed by atoms with Crippen LogP contribution in [0.25, 0.3) is 0 Å². The van der Waals surface area contributed by atoms with E-state index in [4.69, 9.17) is 6.42 Å². The van der Waals surface area contributed by atoms with Gasteiger partial charge in [0.15, 0.2) is 0 Å². The van der Waals surface area contributed by atoms with Crippen molar-refractivity contribution in [3.63, 3.8) is 0 Å². The highest BCUT2D eigenvalue weighted by Gasteiger charge is 2.39. The van der Waals surface area contributed by atoms with Crippen LogP contribution < -0.4 is 5.32 Å². The molecule has 1 amide bonds. The highest BCUT2D eigenvalue weighted by atomic mass is 16.2. The first kappa shape index (κ1) is 12.1. The fraction of sp³-hybridized carbons (Fsp3) is 0.750. The molecule has 0 aromatic rings. The van der Waals surface area contributed by atoms with E-state index in [1.165, 1.54) is 0 Å². The molecule has 84 valence electrons. The summed E-state index contributed by atoms with van der Waals surface area (Å²) in [7, 11) is 1.79. The Morgan fingerprint density at radius 1 is 1.53 bits per heavy atom. The molecule has 0 atom stereocenters. The van der Waals surface area contributed by atoms with Crippen LogP contribution in [0.1, 0.15) is 26.2 Å². The maximum atomic E-state index is 12.2. The van der Waals surface area contributed by atoms with Crippen molar-refractivity contribution in [2.45, 2.75) is 26.2 Å². The number of amides is 1. The molecule has 0 aliphatic carbocycles. The summed E-state index contributed by atoms with van der Waals surface area (Å²) >= 11 is 0. The summed E-state index contributed by atoms with van der Waals surface area (Å²) in [5.74, 6) is 2.73. The number of carbonyl (C=O) groups is 1. The number of hydrogen-bond donors (Lipinski definition) is 1. The molecule has 0 radical (unpaired) electrons. The van der Waals surface area contributed by atoms with Crippen LogP contribution in [-0.4, -0.2) is 37.5 Å². The topological polar surface area (TPSA) is 32.3 Å². The zero-order valence-electron chi connectivity index (χ0n) is 9.68. The minimum absolute atomic E-state index is 0.170. The first-order valence-electron chi connectivity index (χ1n) is 5.56. The number of nitrogens with one attached hydrogen (secondary N) is 1. The summed E-state index contributed by atoms with van der Waals surface area (Å²) in [6, 6.07) is 0. The van der Waals surface area contributed by atoms with Crippen LogP contribution in [0.2, 0.25) is 0 Å². The van der Waals surface area contributed by atoms with Gasteiger partial charge in [-0.1, -0.05) is 12.8 Å². The van der Waals surface area contributed by atoms with Crippen molar-refractivity contribution in [2.75, 3.05) is 26.7 Å². The number of hydrogen-bond acceptors (Lipinski definition) is 2. The normalized spacial score (nSPS) is 19.3. The predicted octanol–water partition coefficient (Wildman–Crippen LogP) is 0.858. The highest BCUT2D eigenvalue weighted by molar-refractivity contribution is 5.82. The molecule has 0 unspecified atom stereocenters. The smallest absolute Gasteiger partial charge is 0.229 e. The fourth-order valence-corrected chi connectivity index (χ4v) is 2.24. The van der Waals surface area contributed by atoms with Gasteiger partial charge in [-0.25, -0.2) is 0 Å². The van der Waals surface area contributed by atoms with Crippen molar-refractivity contribution < 1.29 is 4.79 Å². The average molecular weight is 208 g/mol. The highest BCUT2D eigenvalue weighted by Crippen LogP contribution is 2.34. The summed E-state index contributed by atoms with van der Waals surface area (Å²) < 4.78 is 0. The molecule has 0 aromatic carbocycles. The van der Waals surface area contributed by atoms with Crippen LogP contribution in [0.5, 0.6) is 0 Å². The van der Waals surface area contributed by atoms with Gasteiger partial charge in [0, 0.05) is 7.05 Å². The quantitative estimate of drug-likeness (QED) is 0.698. The Bertz CT molecular complexity index is 261. The summed E-state index contributed by atoms with van der Waals surface area (Å²) in [5.41, 5.74) is -0.170. The van der Waals surface area contributed by atoms with Crippen molar-refractivity contribution >= 4 is 5.91 Å². The third-order valence-electron chi connectivity index (χ3n) is 3.37. The molecule has 3 nitrogen and oxygen atoms in total. The van der Waals surface area contributed by atoms with Crippen LogP contribution in [0.15, 0.2) is 0 Å². The van der Waals surface area contributed by atoms with E-state index in [0.717, 1.165) is 32.4 Å². The number of piperidine rings is 1. The van der Waals surface area contributed by atoms with Crippen molar-refractivity contribution in [3.05, 3.63) is 0 Å². The Labute approximate surface area is 92.2 Å². The molecule has 15 heavy (non-hydrogen) atoms. The van der Waals surface area contributed by atoms with Gasteiger partial charge in [-0.2, -0.15) is 0 Å². The zero-order valence-corrected chi connectivity index (χ0v) is 9.68. The first-order valence-corrected chi connectivity index (χ1v) is 5.56. The van der Waals surface area contributed by atoms with Gasteiger partial charge in [0.1, 0.15) is 0 Å². The van der Waals surface area contributed by atoms with Crippen LogP contribution in [-0.2, 0) is 4.79 Å². The maximum absolute atomic E-state index is 12.2. The zero-order chi connectivity index (χ0) is 11.3. The molecule has 1 saturated heterocycles. The van der Waals surface area contributed by atoms with E-state index in [0.29, 0.717) is 6.54 Å². The Balaban J connectivity index is 2.72. The van der Waals surface area contributed by atoms with E-state index in [1.54, 1.807) is 11.9 Å². The lowest BCUT2D eigenvalue weighted by Gasteiger charge is -2.37. The van der Waals surface area contributed by atoms with Gasteiger partial charge in [-0.05, 0) is 32.4 Å². The lowest BCUT2D eigenvalue weighted by atomic mass is 9.75. The Morgan fingerprint density at radius 2 is 2.13 bits per heavy atom. The molecule has 0 bridgehead atoms. The van der Waals surface area contributed by atoms with Crippen LogP contribution in [0, 0.1) is 17.8 Å². The summed E-state index contributed by atoms with van der Waals surface area (Å²) in [6.45, 7) is 4.37. The Hall–Kier alpha value is -1.01. The number of nitrogens with zero attached hydrogens (tertiary/aromatic N) is 1. The van der Waals surface area contributed by atoms with Crippen LogP contribution >= 0.6 is 0 Å². The molecule has 1 aliphatic heterocycles. The van der Waals surface area contributed by atoms with E-state index in [-0.39, 0.29) is 11.3 Å². The van der Waals surface area contributed by atoms with E-state index >= 15 is 0 Å². The third-order valence-corrected chi connectivity index (χ3v) is 3.37. The average Bonchev–Trinajstić information content (AvgIpc) is 2.29. The van der Waals surface area contributed by atoms with Gasteiger partial charge in [0.2, 0.25) is 5.91 Å². The molecule has 1 heterocycles. The molecule has 1 rings (SSSR count). The van der Waals surface area contributed by atoms with Crippen LogP contribution in [0.4, 0.5) is 0 Å². The number of carbonyl (C=O) groups excluding carboxylic acids is 1. The van der Waals surface area contributed by atoms with E-state index in [2.05, 4.69) is 18.2 Å². The minimum atomic E-state index is -0.170. The molecule has 0 spiro atoms. The van der Waals surface area contributed by atoms with Gasteiger partial charge in [0.05, 0.1) is 12.0 Å². The molecule has 3 heteroatoms. The third kappa shape index (κ3) is 2.51. The summed E-state index contributed by atoms with van der Waals surface area (Å²) in [5, 5.41) is 3.29. The SMILES string of the molecule is C#CCN(C)C(=O)C1(CC)CCNCC1. The summed E-state index contributed by atoms with van der Waals surface area (Å²) in [6.07, 6.45) is 7.99. The minimum Gasteiger partial charge on any atom is -0.334 e. The Kier molecular flexibility index (Phi) is 4.16. The lowest BCUT2D eigenvalue weighted by molar-refractivity contribution is -0.142. The van der Waals surface area contributed by atoms with Gasteiger partial charge in [-0.15, -0.1) is 6.42 Å². The largest absolute Gasteiger partial charge is 0.334 e. The number of rotatable bonds is 3. The van der Waals surface area contributed by atoms with Crippen molar-refractivity contribution in [3.8, 4) is 12.3 Å². The molecule has 1 aliphatic rings. The van der Waals surface area contributed by atoms with Crippen molar-refractivity contribution in [1.82, 2.24) is 10.2 Å². The Morgan fingerprint density at radius 3 is 2.60 bits per heavy atom. The molecule has 1 N–H and O–H groups in total. The maximum Gasteiger partial charge on any atom is 0.229 e. The molecular formula is C12H20N2O. The fourth-order valence-electron chi connectivity index (χ4n) is 2.24. The molecule has 0 saturated carbocycles. The molecule has 1 fully saturated rings. The van der Waals surface area contributed by atoms with Crippen molar-refractivity contribution in [2.24, 2.45) is 5.41 Å². The van der Waals surface area contributed by atoms with Gasteiger partial charge in [-0.3, -0.25) is 4.79 Å². The second kappa shape index (κ2) is 5.18. The standard InChI is InChI=1S/C12H20N2O/c1-4-10-14(3)11(15)12(5-2)6-8-13-9-7-12/h1,13H,5-10H2,2-3H3. The van der Waals surface area contributed by atoms with Crippen LogP contribution in [0.3, 0.4) is 0 Å². The molecule has 0 aromatic heterocycles. The van der Waals surface area contributed by atoms with Gasteiger partial charge >= 0.3 is 0 Å². The van der Waals surface area contributed by atoms with E-state index in [1.807, 2.05) is 0 Å². The second-order valence-electron chi connectivity index (χ2n) is 4.25. The number of terminal acetylenes is 1. The lowest BCUT2D eigenvalue weighted by Crippen LogP contribution is -2.47. The van der Waals surface area contributed by atoms with Gasteiger partial charge in [0.25, 0.3) is 0 Å². The summed E-state index contributed by atoms with van der Waals surface area (Å²) in [4.78, 5) is 13.9. The monoisotopic (exact) mass is 208 g/mol. The predicted molar refractivity (Wildman–Crippen MR) is 61.3 cm³/mol.